The van der Waals surface area contributed by atoms with Crippen molar-refractivity contribution < 1.29 is 9.13 Å². The van der Waals surface area contributed by atoms with E-state index in [0.717, 1.165) is 11.5 Å². The Morgan fingerprint density at radius 1 is 1.43 bits per heavy atom. The summed E-state index contributed by atoms with van der Waals surface area (Å²) in [5.41, 5.74) is 5.77. The van der Waals surface area contributed by atoms with Crippen LogP contribution in [0.25, 0.3) is 0 Å². The SMILES string of the molecule is Nc1cccc(F)c1Oc1ncns1. The van der Waals surface area contributed by atoms with Crippen molar-refractivity contribution in [2.75, 3.05) is 5.73 Å². The average molecular weight is 211 g/mol. The average Bonchev–Trinajstić information content (AvgIpc) is 2.64. The number of nitrogens with zero attached hydrogens (tertiary/aromatic N) is 2. The second kappa shape index (κ2) is 3.59. The van der Waals surface area contributed by atoms with Gasteiger partial charge in [-0.1, -0.05) is 6.07 Å². The second-order valence-electron chi connectivity index (χ2n) is 2.47. The van der Waals surface area contributed by atoms with E-state index < -0.39 is 5.82 Å². The van der Waals surface area contributed by atoms with E-state index in [1.54, 1.807) is 6.07 Å². The van der Waals surface area contributed by atoms with Gasteiger partial charge in [0, 0.05) is 11.5 Å². The molecule has 0 saturated carbocycles. The van der Waals surface area contributed by atoms with Crippen LogP contribution in [0.2, 0.25) is 0 Å². The molecule has 0 unspecified atom stereocenters. The van der Waals surface area contributed by atoms with Crippen molar-refractivity contribution in [2.45, 2.75) is 0 Å². The molecule has 0 aliphatic rings. The molecule has 0 aliphatic carbocycles. The third-order valence-corrected chi connectivity index (χ3v) is 2.07. The fraction of sp³-hybridized carbons (Fsp3) is 0. The van der Waals surface area contributed by atoms with Gasteiger partial charge in [-0.25, -0.2) is 4.39 Å². The third kappa shape index (κ3) is 1.64. The van der Waals surface area contributed by atoms with Crippen LogP contribution < -0.4 is 10.5 Å². The molecule has 6 heteroatoms. The minimum Gasteiger partial charge on any atom is -0.424 e. The number of hydrogen-bond donors (Lipinski definition) is 1. The van der Waals surface area contributed by atoms with Crippen molar-refractivity contribution in [1.82, 2.24) is 9.36 Å². The Balaban J connectivity index is 2.33. The number of aromatic nitrogens is 2. The Morgan fingerprint density at radius 2 is 2.29 bits per heavy atom. The molecule has 0 bridgehead atoms. The molecule has 0 spiro atoms. The number of halogens is 1. The van der Waals surface area contributed by atoms with Crippen LogP contribution >= 0.6 is 11.5 Å². The maximum atomic E-state index is 13.2. The zero-order valence-corrected chi connectivity index (χ0v) is 7.79. The summed E-state index contributed by atoms with van der Waals surface area (Å²) < 4.78 is 22.0. The molecule has 4 nitrogen and oxygen atoms in total. The molecule has 1 heterocycles. The third-order valence-electron chi connectivity index (χ3n) is 1.53. The van der Waals surface area contributed by atoms with Crippen molar-refractivity contribution in [3.63, 3.8) is 0 Å². The van der Waals surface area contributed by atoms with Gasteiger partial charge >= 0.3 is 0 Å². The lowest BCUT2D eigenvalue weighted by Crippen LogP contribution is -1.94. The van der Waals surface area contributed by atoms with E-state index in [4.69, 9.17) is 10.5 Å². The Labute approximate surface area is 83.3 Å². The number of hydrogen-bond acceptors (Lipinski definition) is 5. The van der Waals surface area contributed by atoms with Crippen molar-refractivity contribution in [1.29, 1.82) is 0 Å². The molecule has 0 saturated heterocycles. The van der Waals surface area contributed by atoms with Crippen LogP contribution in [0.4, 0.5) is 10.1 Å². The maximum Gasteiger partial charge on any atom is 0.298 e. The van der Waals surface area contributed by atoms with Crippen molar-refractivity contribution in [2.24, 2.45) is 0 Å². The molecule has 2 aromatic rings. The molecule has 0 atom stereocenters. The molecule has 0 amide bonds. The fourth-order valence-corrected chi connectivity index (χ4v) is 1.33. The van der Waals surface area contributed by atoms with E-state index in [0.29, 0.717) is 0 Å². The van der Waals surface area contributed by atoms with E-state index in [-0.39, 0.29) is 16.6 Å². The quantitative estimate of drug-likeness (QED) is 0.772. The first-order chi connectivity index (χ1) is 6.77. The van der Waals surface area contributed by atoms with Gasteiger partial charge in [-0.2, -0.15) is 9.36 Å². The van der Waals surface area contributed by atoms with Gasteiger partial charge in [0.2, 0.25) is 0 Å². The summed E-state index contributed by atoms with van der Waals surface area (Å²) in [6, 6.07) is 4.34. The van der Waals surface area contributed by atoms with Gasteiger partial charge in [0.05, 0.1) is 5.69 Å². The number of ether oxygens (including phenoxy) is 1. The van der Waals surface area contributed by atoms with E-state index >= 15 is 0 Å². The van der Waals surface area contributed by atoms with Crippen LogP contribution in [0.15, 0.2) is 24.5 Å². The summed E-state index contributed by atoms with van der Waals surface area (Å²) in [6.07, 6.45) is 1.33. The van der Waals surface area contributed by atoms with Crippen LogP contribution in [-0.4, -0.2) is 9.36 Å². The number of benzene rings is 1. The maximum absolute atomic E-state index is 13.2. The number of rotatable bonds is 2. The molecular formula is C8H6FN3OS. The minimum atomic E-state index is -0.514. The van der Waals surface area contributed by atoms with E-state index in [2.05, 4.69) is 9.36 Å². The molecule has 14 heavy (non-hydrogen) atoms. The van der Waals surface area contributed by atoms with Gasteiger partial charge in [-0.15, -0.1) is 0 Å². The normalized spacial score (nSPS) is 10.1. The van der Waals surface area contributed by atoms with Crippen LogP contribution in [0.1, 0.15) is 0 Å². The molecule has 2 N–H and O–H groups in total. The molecule has 0 aliphatic heterocycles. The largest absolute Gasteiger partial charge is 0.424 e. The standard InChI is InChI=1S/C8H6FN3OS/c9-5-2-1-3-6(10)7(5)13-8-11-4-12-14-8/h1-4H,10H2. The van der Waals surface area contributed by atoms with E-state index in [1.165, 1.54) is 18.5 Å². The molecule has 2 rings (SSSR count). The summed E-state index contributed by atoms with van der Waals surface area (Å²) in [6.45, 7) is 0. The molecular weight excluding hydrogens is 205 g/mol. The zero-order chi connectivity index (χ0) is 9.97. The highest BCUT2D eigenvalue weighted by molar-refractivity contribution is 7.07. The number of anilines is 1. The summed E-state index contributed by atoms with van der Waals surface area (Å²) in [4.78, 5) is 3.76. The highest BCUT2D eigenvalue weighted by atomic mass is 32.1. The summed E-state index contributed by atoms with van der Waals surface area (Å²) in [5.74, 6) is -0.524. The van der Waals surface area contributed by atoms with E-state index in [1.807, 2.05) is 0 Å². The Hall–Kier alpha value is -1.69. The van der Waals surface area contributed by atoms with Gasteiger partial charge in [0.15, 0.2) is 11.6 Å². The molecule has 1 aromatic carbocycles. The first kappa shape index (κ1) is 8.89. The first-order valence-corrected chi connectivity index (χ1v) is 4.53. The van der Waals surface area contributed by atoms with Gasteiger partial charge in [0.25, 0.3) is 5.19 Å². The smallest absolute Gasteiger partial charge is 0.298 e. The lowest BCUT2D eigenvalue weighted by atomic mass is 10.3. The fourth-order valence-electron chi connectivity index (χ4n) is 0.928. The number of nitrogens with two attached hydrogens (primary N) is 1. The predicted octanol–water partition coefficient (Wildman–Crippen LogP) is 2.05. The second-order valence-corrected chi connectivity index (χ2v) is 3.21. The highest BCUT2D eigenvalue weighted by Gasteiger charge is 2.09. The molecule has 72 valence electrons. The lowest BCUT2D eigenvalue weighted by molar-refractivity contribution is 0.442. The molecule has 1 aromatic heterocycles. The van der Waals surface area contributed by atoms with Crippen molar-refractivity contribution >= 4 is 17.2 Å². The van der Waals surface area contributed by atoms with Crippen LogP contribution in [-0.2, 0) is 0 Å². The summed E-state index contributed by atoms with van der Waals surface area (Å²) in [5, 5.41) is 0.266. The van der Waals surface area contributed by atoms with Crippen molar-refractivity contribution in [3.8, 4) is 10.9 Å². The predicted molar refractivity (Wildman–Crippen MR) is 50.8 cm³/mol. The Morgan fingerprint density at radius 3 is 2.93 bits per heavy atom. The summed E-state index contributed by atoms with van der Waals surface area (Å²) >= 11 is 1.03. The molecule has 0 radical (unpaired) electrons. The van der Waals surface area contributed by atoms with Gasteiger partial charge < -0.3 is 10.5 Å². The molecule has 0 fully saturated rings. The summed E-state index contributed by atoms with van der Waals surface area (Å²) in [7, 11) is 0. The minimum absolute atomic E-state index is 0.00995. The highest BCUT2D eigenvalue weighted by Crippen LogP contribution is 2.30. The Bertz CT molecular complexity index is 412. The first-order valence-electron chi connectivity index (χ1n) is 3.76. The topological polar surface area (TPSA) is 61.0 Å². The van der Waals surface area contributed by atoms with Gasteiger partial charge in [-0.05, 0) is 12.1 Å². The zero-order valence-electron chi connectivity index (χ0n) is 6.98. The van der Waals surface area contributed by atoms with E-state index in [9.17, 15) is 4.39 Å². The number of para-hydroxylation sites is 1. The number of nitrogen functional groups attached to an aromatic ring is 1. The van der Waals surface area contributed by atoms with Crippen molar-refractivity contribution in [3.05, 3.63) is 30.3 Å². The lowest BCUT2D eigenvalue weighted by Gasteiger charge is -2.04. The Kier molecular flexibility index (Phi) is 2.28. The monoisotopic (exact) mass is 211 g/mol. The van der Waals surface area contributed by atoms with Crippen LogP contribution in [0.3, 0.4) is 0 Å². The van der Waals surface area contributed by atoms with Gasteiger partial charge in [-0.3, -0.25) is 0 Å². The van der Waals surface area contributed by atoms with Gasteiger partial charge in [0.1, 0.15) is 6.33 Å². The van der Waals surface area contributed by atoms with Crippen LogP contribution in [0.5, 0.6) is 10.9 Å². The van der Waals surface area contributed by atoms with Crippen LogP contribution in [0, 0.1) is 5.82 Å².